The fraction of sp³-hybridized carbons (Fsp3) is 0. The first kappa shape index (κ1) is 42.6. The molecule has 0 nitrogen and oxygen atoms in total. The monoisotopic (exact) mass is 280 g/mol. The van der Waals surface area contributed by atoms with E-state index in [0.717, 1.165) is 0 Å². The van der Waals surface area contributed by atoms with Crippen LogP contribution >= 0.6 is 44.3 Å². The zero-order chi connectivity index (χ0) is 4.50. The van der Waals surface area contributed by atoms with Crippen molar-refractivity contribution in [2.75, 3.05) is 0 Å². The summed E-state index contributed by atoms with van der Waals surface area (Å²) in [5, 5.41) is -2.72. The summed E-state index contributed by atoms with van der Waals surface area (Å²) in [5.74, 6) is 0. The van der Waals surface area contributed by atoms with Gasteiger partial charge in [0, 0.05) is 0 Å². The van der Waals surface area contributed by atoms with Crippen molar-refractivity contribution in [3.05, 3.63) is 0 Å². The molecule has 0 fully saturated rings. The molecule has 0 N–H and O–H groups in total. The SMILES string of the molecule is Cl[Si](Cl)(Cl)Cl.F.F.F.F.[SiH4]. The maximum Gasteiger partial charge on any atom is 0.440 e. The molecule has 0 aromatic rings. The van der Waals surface area contributed by atoms with Crippen LogP contribution in [0.1, 0.15) is 0 Å². The van der Waals surface area contributed by atoms with Gasteiger partial charge in [0.15, 0.2) is 0 Å². The second-order valence-corrected chi connectivity index (χ2v) is 11.6. The molecule has 0 spiro atoms. The van der Waals surface area contributed by atoms with E-state index in [1.807, 2.05) is 0 Å². The van der Waals surface area contributed by atoms with Gasteiger partial charge in [-0.25, -0.2) is 0 Å². The van der Waals surface area contributed by atoms with Crippen molar-refractivity contribution in [3.63, 3.8) is 0 Å². The standard InChI is InChI=1S/Cl4Si.4FH.H4Si/c1-5(2,3)4;;;;;/h;4*1H;1H4. The highest BCUT2D eigenvalue weighted by Gasteiger charge is 2.19. The van der Waals surface area contributed by atoms with Crippen molar-refractivity contribution < 1.29 is 18.8 Å². The van der Waals surface area contributed by atoms with Crippen LogP contribution in [-0.2, 0) is 0 Å². The lowest BCUT2D eigenvalue weighted by atomic mass is 19.0. The highest BCUT2D eigenvalue weighted by molar-refractivity contribution is 7.81. The third-order valence-electron chi connectivity index (χ3n) is 0. The largest absolute Gasteiger partial charge is 0.440 e. The molecule has 0 heterocycles. The lowest BCUT2D eigenvalue weighted by Gasteiger charge is -1.85. The summed E-state index contributed by atoms with van der Waals surface area (Å²) in [4.78, 5) is 0. The number of hydrogen-bond donors (Lipinski definition) is 0. The average Bonchev–Trinajstić information content (AvgIpc) is 0.722. The molecule has 0 aliphatic carbocycles. The van der Waals surface area contributed by atoms with Gasteiger partial charge in [0.05, 0.1) is 0 Å². The molecule has 0 aromatic carbocycles. The van der Waals surface area contributed by atoms with Crippen LogP contribution in [0.4, 0.5) is 18.8 Å². The van der Waals surface area contributed by atoms with Crippen LogP contribution in [0.15, 0.2) is 0 Å². The average molecular weight is 282 g/mol. The van der Waals surface area contributed by atoms with Crippen LogP contribution in [0.25, 0.3) is 0 Å². The summed E-state index contributed by atoms with van der Waals surface area (Å²) in [6.45, 7) is 0. The van der Waals surface area contributed by atoms with Crippen molar-refractivity contribution >= 4 is 60.6 Å². The van der Waals surface area contributed by atoms with Gasteiger partial charge >= 0.3 is 5.31 Å². The molecule has 0 amide bonds. The Morgan fingerprint density at radius 2 is 0.600 bits per heavy atom. The van der Waals surface area contributed by atoms with E-state index in [9.17, 15) is 0 Å². The maximum absolute atomic E-state index is 4.97. The van der Waals surface area contributed by atoms with E-state index in [-0.39, 0.29) is 29.8 Å². The van der Waals surface area contributed by atoms with Gasteiger partial charge in [-0.15, -0.1) is 44.3 Å². The van der Waals surface area contributed by atoms with Crippen LogP contribution in [-0.4, -0.2) is 16.3 Å². The number of halogens is 8. The second kappa shape index (κ2) is 16.7. The molecule has 0 bridgehead atoms. The van der Waals surface area contributed by atoms with E-state index in [1.165, 1.54) is 0 Å². The Morgan fingerprint density at radius 1 is 0.600 bits per heavy atom. The van der Waals surface area contributed by atoms with Gasteiger partial charge in [-0.05, 0) is 11.0 Å². The minimum Gasteiger partial charge on any atom is -0.269 e. The first-order valence-electron chi connectivity index (χ1n) is 0.756. The van der Waals surface area contributed by atoms with Crippen molar-refractivity contribution in [2.45, 2.75) is 0 Å². The number of rotatable bonds is 0. The first-order chi connectivity index (χ1) is 2.00. The Morgan fingerprint density at radius 3 is 0.600 bits per heavy atom. The summed E-state index contributed by atoms with van der Waals surface area (Å²) in [5.41, 5.74) is 0. The highest BCUT2D eigenvalue weighted by atomic mass is 36.0. The second-order valence-electron chi connectivity index (χ2n) is 0.429. The van der Waals surface area contributed by atoms with Crippen LogP contribution in [0.3, 0.4) is 0 Å². The van der Waals surface area contributed by atoms with Gasteiger partial charge in [-0.1, -0.05) is 0 Å². The van der Waals surface area contributed by atoms with Gasteiger partial charge in [0.2, 0.25) is 0 Å². The van der Waals surface area contributed by atoms with E-state index in [2.05, 4.69) is 0 Å². The summed E-state index contributed by atoms with van der Waals surface area (Å²) in [6, 6.07) is 0. The predicted octanol–water partition coefficient (Wildman–Crippen LogP) is 1.54. The lowest BCUT2D eigenvalue weighted by Crippen LogP contribution is -1.91. The summed E-state index contributed by atoms with van der Waals surface area (Å²) in [7, 11) is 0. The molecular formula is H8Cl4F4Si2. The summed E-state index contributed by atoms with van der Waals surface area (Å²) in [6.07, 6.45) is 0. The predicted molar refractivity (Wildman–Crippen MR) is 50.5 cm³/mol. The molecule has 0 aliphatic heterocycles. The Kier molecular flexibility index (Phi) is 71.3. The molecule has 0 saturated heterocycles. The van der Waals surface area contributed by atoms with Gasteiger partial charge in [-0.3, -0.25) is 18.8 Å². The van der Waals surface area contributed by atoms with Crippen LogP contribution in [0, 0.1) is 0 Å². The van der Waals surface area contributed by atoms with Crippen molar-refractivity contribution in [1.29, 1.82) is 0 Å². The molecule has 0 rings (SSSR count). The third kappa shape index (κ3) is 373. The molecule has 0 saturated carbocycles. The van der Waals surface area contributed by atoms with Gasteiger partial charge in [-0.2, -0.15) is 0 Å². The quantitative estimate of drug-likeness (QED) is 0.359. The maximum atomic E-state index is 4.97. The van der Waals surface area contributed by atoms with Crippen LogP contribution in [0.2, 0.25) is 0 Å². The summed E-state index contributed by atoms with van der Waals surface area (Å²) >= 11 is 19.9. The molecule has 0 atom stereocenters. The van der Waals surface area contributed by atoms with E-state index in [0.29, 0.717) is 0 Å². The van der Waals surface area contributed by atoms with Crippen molar-refractivity contribution in [3.8, 4) is 0 Å². The van der Waals surface area contributed by atoms with Gasteiger partial charge < -0.3 is 0 Å². The van der Waals surface area contributed by atoms with Gasteiger partial charge in [0.25, 0.3) is 0 Å². The molecule has 10 heteroatoms. The van der Waals surface area contributed by atoms with Crippen LogP contribution < -0.4 is 0 Å². The normalized spacial score (nSPS) is 6.00. The highest BCUT2D eigenvalue weighted by Crippen LogP contribution is 2.23. The van der Waals surface area contributed by atoms with E-state index in [1.54, 1.807) is 0 Å². The minimum atomic E-state index is -2.72. The number of hydrogen-bond acceptors (Lipinski definition) is 0. The van der Waals surface area contributed by atoms with Crippen molar-refractivity contribution in [2.24, 2.45) is 0 Å². The first-order valence-corrected chi connectivity index (χ1v) is 6.80. The smallest absolute Gasteiger partial charge is 0.269 e. The fourth-order valence-electron chi connectivity index (χ4n) is 0. The zero-order valence-electron chi connectivity index (χ0n) is 3.64. The third-order valence-corrected chi connectivity index (χ3v) is 0. The van der Waals surface area contributed by atoms with Crippen molar-refractivity contribution in [1.82, 2.24) is 0 Å². The molecule has 0 unspecified atom stereocenters. The Balaban J connectivity index is -0.00000000800. The molecule has 10 heavy (non-hydrogen) atoms. The van der Waals surface area contributed by atoms with E-state index in [4.69, 9.17) is 44.3 Å². The van der Waals surface area contributed by atoms with E-state index >= 15 is 0 Å². The van der Waals surface area contributed by atoms with E-state index < -0.39 is 5.31 Å². The molecule has 0 aliphatic rings. The van der Waals surface area contributed by atoms with Gasteiger partial charge in [0.1, 0.15) is 0 Å². The molecular weight excluding hydrogens is 274 g/mol. The molecule has 0 aromatic heterocycles. The zero-order valence-corrected chi connectivity index (χ0v) is 7.67. The molecule has 0 radical (unpaired) electrons. The fourth-order valence-corrected chi connectivity index (χ4v) is 0. The molecule has 72 valence electrons. The lowest BCUT2D eigenvalue weighted by molar-refractivity contribution is 1.11. The Labute approximate surface area is 79.5 Å². The topological polar surface area (TPSA) is 0 Å². The Bertz CT molecular complexity index is 30.7. The Hall–Kier alpha value is 1.31. The summed E-state index contributed by atoms with van der Waals surface area (Å²) < 4.78 is 0. The minimum absolute atomic E-state index is 0. The van der Waals surface area contributed by atoms with Crippen LogP contribution in [0.5, 0.6) is 0 Å².